The number of ether oxygens (including phenoxy) is 2. The van der Waals surface area contributed by atoms with Crippen LogP contribution < -0.4 is 5.32 Å². The maximum absolute atomic E-state index is 11.9. The summed E-state index contributed by atoms with van der Waals surface area (Å²) in [6.07, 6.45) is 2.54. The number of fused-ring (bicyclic) bond motifs is 1. The zero-order valence-corrected chi connectivity index (χ0v) is 10.7. The van der Waals surface area contributed by atoms with Gasteiger partial charge in [-0.15, -0.1) is 10.2 Å². The van der Waals surface area contributed by atoms with Gasteiger partial charge in [0.15, 0.2) is 6.33 Å². The first-order chi connectivity index (χ1) is 9.29. The van der Waals surface area contributed by atoms with Gasteiger partial charge in [0.2, 0.25) is 5.91 Å². The van der Waals surface area contributed by atoms with Crippen LogP contribution >= 0.6 is 0 Å². The summed E-state index contributed by atoms with van der Waals surface area (Å²) in [6, 6.07) is 0.128. The van der Waals surface area contributed by atoms with Crippen molar-refractivity contribution in [3.63, 3.8) is 0 Å². The monoisotopic (exact) mass is 267 g/mol. The highest BCUT2D eigenvalue weighted by Crippen LogP contribution is 2.43. The second-order valence-corrected chi connectivity index (χ2v) is 4.97. The molecule has 8 nitrogen and oxygen atoms in total. The lowest BCUT2D eigenvalue weighted by Crippen LogP contribution is -2.63. The van der Waals surface area contributed by atoms with E-state index in [9.17, 15) is 4.79 Å². The zero-order chi connectivity index (χ0) is 13.2. The topological polar surface area (TPSA) is 91.2 Å². The van der Waals surface area contributed by atoms with Crippen molar-refractivity contribution in [1.29, 1.82) is 0 Å². The lowest BCUT2D eigenvalue weighted by molar-refractivity contribution is -0.130. The van der Waals surface area contributed by atoms with Crippen molar-refractivity contribution in [2.24, 2.45) is 11.8 Å². The van der Waals surface area contributed by atoms with Gasteiger partial charge < -0.3 is 14.8 Å². The number of carbonyl (C=O) groups excluding carboxylic acids is 1. The van der Waals surface area contributed by atoms with Gasteiger partial charge in [0.25, 0.3) is 0 Å². The van der Waals surface area contributed by atoms with E-state index in [0.717, 1.165) is 13.0 Å². The van der Waals surface area contributed by atoms with E-state index in [4.69, 9.17) is 9.47 Å². The van der Waals surface area contributed by atoms with E-state index in [2.05, 4.69) is 20.7 Å². The Hall–Kier alpha value is -1.54. The average Bonchev–Trinajstić information content (AvgIpc) is 3.02. The van der Waals surface area contributed by atoms with E-state index in [0.29, 0.717) is 12.5 Å². The van der Waals surface area contributed by atoms with Crippen LogP contribution in [0.4, 0.5) is 0 Å². The number of methoxy groups -OCH3 is 1. The SMILES string of the molecule is COC[C@@H]1[C@@H](NC(=O)Cn2ncnn2)[C@@H]2CCO[C@H]12. The molecule has 0 spiro atoms. The average molecular weight is 267 g/mol. The Morgan fingerprint density at radius 2 is 2.53 bits per heavy atom. The Balaban J connectivity index is 1.57. The van der Waals surface area contributed by atoms with Gasteiger partial charge in [-0.1, -0.05) is 0 Å². The summed E-state index contributed by atoms with van der Waals surface area (Å²) < 4.78 is 10.9. The molecule has 104 valence electrons. The molecule has 0 aromatic carbocycles. The molecule has 0 radical (unpaired) electrons. The van der Waals surface area contributed by atoms with Gasteiger partial charge in [0, 0.05) is 31.6 Å². The highest BCUT2D eigenvalue weighted by Gasteiger charge is 2.54. The molecule has 2 heterocycles. The minimum Gasteiger partial charge on any atom is -0.384 e. The van der Waals surface area contributed by atoms with Crippen molar-refractivity contribution < 1.29 is 14.3 Å². The summed E-state index contributed by atoms with van der Waals surface area (Å²) in [6.45, 7) is 1.47. The van der Waals surface area contributed by atoms with Crippen molar-refractivity contribution in [3.05, 3.63) is 6.33 Å². The van der Waals surface area contributed by atoms with Crippen LogP contribution in [0.25, 0.3) is 0 Å². The summed E-state index contributed by atoms with van der Waals surface area (Å²) in [5, 5.41) is 14.1. The molecular formula is C11H17N5O3. The number of tetrazole rings is 1. The van der Waals surface area contributed by atoms with Crippen LogP contribution in [0.15, 0.2) is 6.33 Å². The van der Waals surface area contributed by atoms with Gasteiger partial charge in [-0.25, -0.2) is 0 Å². The zero-order valence-electron chi connectivity index (χ0n) is 10.7. The molecule has 1 aromatic rings. The van der Waals surface area contributed by atoms with Crippen molar-refractivity contribution >= 4 is 5.91 Å². The number of aromatic nitrogens is 4. The lowest BCUT2D eigenvalue weighted by Gasteiger charge is -2.47. The molecule has 2 aliphatic rings. The third-order valence-electron chi connectivity index (χ3n) is 3.89. The van der Waals surface area contributed by atoms with Crippen LogP contribution in [0.2, 0.25) is 0 Å². The van der Waals surface area contributed by atoms with E-state index < -0.39 is 0 Å². The normalized spacial score (nSPS) is 32.7. The van der Waals surface area contributed by atoms with Crippen molar-refractivity contribution in [1.82, 2.24) is 25.5 Å². The Bertz CT molecular complexity index is 438. The van der Waals surface area contributed by atoms with Crippen molar-refractivity contribution in [2.75, 3.05) is 20.3 Å². The van der Waals surface area contributed by atoms with E-state index in [1.54, 1.807) is 7.11 Å². The highest BCUT2D eigenvalue weighted by molar-refractivity contribution is 5.76. The van der Waals surface area contributed by atoms with E-state index in [1.807, 2.05) is 0 Å². The van der Waals surface area contributed by atoms with Gasteiger partial charge in [-0.2, -0.15) is 4.80 Å². The van der Waals surface area contributed by atoms with Gasteiger partial charge in [0.1, 0.15) is 6.54 Å². The maximum Gasteiger partial charge on any atom is 0.243 e. The second kappa shape index (κ2) is 5.22. The molecule has 3 rings (SSSR count). The van der Waals surface area contributed by atoms with Gasteiger partial charge >= 0.3 is 0 Å². The number of nitrogens with zero attached hydrogens (tertiary/aromatic N) is 4. The van der Waals surface area contributed by atoms with Crippen LogP contribution in [0.3, 0.4) is 0 Å². The van der Waals surface area contributed by atoms with Gasteiger partial charge in [-0.05, 0) is 11.6 Å². The van der Waals surface area contributed by atoms with Crippen LogP contribution in [0.5, 0.6) is 0 Å². The predicted octanol–water partition coefficient (Wildman–Crippen LogP) is -1.16. The van der Waals surface area contributed by atoms with Crippen LogP contribution in [0.1, 0.15) is 6.42 Å². The summed E-state index contributed by atoms with van der Waals surface area (Å²) in [5.41, 5.74) is 0. The molecule has 0 unspecified atom stereocenters. The van der Waals surface area contributed by atoms with Gasteiger partial charge in [0.05, 0.1) is 12.7 Å². The molecule has 1 aliphatic heterocycles. The fraction of sp³-hybridized carbons (Fsp3) is 0.818. The Labute approximate surface area is 110 Å². The standard InChI is InChI=1S/C11H17N5O3/c1-18-5-8-10(7-2-3-19-11(7)8)14-9(17)4-16-13-6-12-15-16/h6-8,10-11H,2-5H2,1H3,(H,14,17)/t7-,8+,10-,11-/m0/s1. The number of hydrogen-bond donors (Lipinski definition) is 1. The van der Waals surface area contributed by atoms with E-state index in [-0.39, 0.29) is 30.5 Å². The quantitative estimate of drug-likeness (QED) is 0.723. The van der Waals surface area contributed by atoms with Crippen LogP contribution in [-0.4, -0.2) is 58.6 Å². The summed E-state index contributed by atoms with van der Waals surface area (Å²) >= 11 is 0. The van der Waals surface area contributed by atoms with E-state index in [1.165, 1.54) is 11.1 Å². The molecular weight excluding hydrogens is 250 g/mol. The number of amides is 1. The summed E-state index contributed by atoms with van der Waals surface area (Å²) in [4.78, 5) is 13.2. The summed E-state index contributed by atoms with van der Waals surface area (Å²) in [7, 11) is 1.67. The molecule has 1 saturated carbocycles. The molecule has 1 amide bonds. The van der Waals surface area contributed by atoms with Crippen LogP contribution in [-0.2, 0) is 20.8 Å². The van der Waals surface area contributed by atoms with Crippen molar-refractivity contribution in [3.8, 4) is 0 Å². The first kappa shape index (κ1) is 12.5. The molecule has 1 aliphatic carbocycles. The molecule has 8 heteroatoms. The fourth-order valence-electron chi connectivity index (χ4n) is 3.06. The van der Waals surface area contributed by atoms with E-state index >= 15 is 0 Å². The first-order valence-corrected chi connectivity index (χ1v) is 6.40. The van der Waals surface area contributed by atoms with Crippen molar-refractivity contribution in [2.45, 2.75) is 25.1 Å². The number of nitrogens with one attached hydrogen (secondary N) is 1. The third kappa shape index (κ3) is 2.33. The molecule has 1 saturated heterocycles. The highest BCUT2D eigenvalue weighted by atomic mass is 16.5. The first-order valence-electron chi connectivity index (χ1n) is 6.40. The Morgan fingerprint density at radius 3 is 3.26 bits per heavy atom. The molecule has 1 N–H and O–H groups in total. The molecule has 4 atom stereocenters. The number of carbonyl (C=O) groups is 1. The second-order valence-electron chi connectivity index (χ2n) is 4.97. The largest absolute Gasteiger partial charge is 0.384 e. The predicted molar refractivity (Wildman–Crippen MR) is 63.0 cm³/mol. The fourth-order valence-corrected chi connectivity index (χ4v) is 3.06. The maximum atomic E-state index is 11.9. The Kier molecular flexibility index (Phi) is 3.43. The lowest BCUT2D eigenvalue weighted by atomic mass is 9.67. The Morgan fingerprint density at radius 1 is 1.63 bits per heavy atom. The number of hydrogen-bond acceptors (Lipinski definition) is 6. The molecule has 2 fully saturated rings. The molecule has 19 heavy (non-hydrogen) atoms. The number of rotatable bonds is 5. The minimum atomic E-state index is -0.102. The molecule has 0 bridgehead atoms. The molecule has 1 aromatic heterocycles. The third-order valence-corrected chi connectivity index (χ3v) is 3.89. The van der Waals surface area contributed by atoms with Gasteiger partial charge in [-0.3, -0.25) is 4.79 Å². The van der Waals surface area contributed by atoms with Crippen LogP contribution in [0, 0.1) is 11.8 Å². The minimum absolute atomic E-state index is 0.0917. The smallest absolute Gasteiger partial charge is 0.243 e. The summed E-state index contributed by atoms with van der Waals surface area (Å²) in [5.74, 6) is 0.549.